The van der Waals surface area contributed by atoms with Crippen molar-refractivity contribution < 1.29 is 9.90 Å². The first-order valence-corrected chi connectivity index (χ1v) is 5.85. The Hall–Kier alpha value is -0.610. The van der Waals surface area contributed by atoms with Gasteiger partial charge in [-0.25, -0.2) is 0 Å². The van der Waals surface area contributed by atoms with Crippen molar-refractivity contribution in [1.82, 2.24) is 10.6 Å². The first-order chi connectivity index (χ1) is 7.24. The minimum Gasteiger partial charge on any atom is -0.396 e. The Balaban J connectivity index is 1.57. The van der Waals surface area contributed by atoms with Crippen LogP contribution in [0.4, 0.5) is 0 Å². The number of carbonyl (C=O) groups is 1. The standard InChI is InChI=1S/C11H20N2O2/c14-6-5-11(3-4-11)8-13-10(15)7-12-9-1-2-9/h9,12,14H,1-8H2,(H,13,15). The average molecular weight is 212 g/mol. The topological polar surface area (TPSA) is 61.4 Å². The molecule has 2 aliphatic carbocycles. The fraction of sp³-hybridized carbons (Fsp3) is 0.909. The highest BCUT2D eigenvalue weighted by molar-refractivity contribution is 5.78. The van der Waals surface area contributed by atoms with Crippen molar-refractivity contribution in [3.05, 3.63) is 0 Å². The predicted octanol–water partition coefficient (Wildman–Crippen LogP) is 0.0172. The van der Waals surface area contributed by atoms with Gasteiger partial charge in [-0.05, 0) is 37.5 Å². The van der Waals surface area contributed by atoms with E-state index in [-0.39, 0.29) is 17.9 Å². The molecule has 0 saturated heterocycles. The monoisotopic (exact) mass is 212 g/mol. The number of aliphatic hydroxyl groups excluding tert-OH is 1. The Bertz CT molecular complexity index is 235. The second-order valence-electron chi connectivity index (χ2n) is 4.91. The fourth-order valence-corrected chi connectivity index (χ4v) is 1.80. The first kappa shape index (κ1) is 10.9. The van der Waals surface area contributed by atoms with Crippen molar-refractivity contribution in [3.8, 4) is 0 Å². The first-order valence-electron chi connectivity index (χ1n) is 5.85. The third-order valence-corrected chi connectivity index (χ3v) is 3.39. The summed E-state index contributed by atoms with van der Waals surface area (Å²) in [6, 6.07) is 0.586. The van der Waals surface area contributed by atoms with Gasteiger partial charge in [0.2, 0.25) is 5.91 Å². The van der Waals surface area contributed by atoms with Crippen LogP contribution in [0.2, 0.25) is 0 Å². The third-order valence-electron chi connectivity index (χ3n) is 3.39. The highest BCUT2D eigenvalue weighted by Gasteiger charge is 2.41. The van der Waals surface area contributed by atoms with Gasteiger partial charge in [0, 0.05) is 19.2 Å². The van der Waals surface area contributed by atoms with E-state index in [1.54, 1.807) is 0 Å². The summed E-state index contributed by atoms with van der Waals surface area (Å²) in [4.78, 5) is 11.4. The second kappa shape index (κ2) is 4.49. The zero-order valence-corrected chi connectivity index (χ0v) is 9.09. The molecule has 0 spiro atoms. The molecule has 15 heavy (non-hydrogen) atoms. The molecule has 0 unspecified atom stereocenters. The minimum absolute atomic E-state index is 0.0890. The van der Waals surface area contributed by atoms with Gasteiger partial charge >= 0.3 is 0 Å². The van der Waals surface area contributed by atoms with Crippen LogP contribution in [0.1, 0.15) is 32.1 Å². The van der Waals surface area contributed by atoms with E-state index in [1.807, 2.05) is 0 Å². The van der Waals surface area contributed by atoms with Crippen LogP contribution in [0.5, 0.6) is 0 Å². The number of rotatable bonds is 7. The highest BCUT2D eigenvalue weighted by Crippen LogP contribution is 2.47. The SMILES string of the molecule is O=C(CNC1CC1)NCC1(CCO)CC1. The smallest absolute Gasteiger partial charge is 0.233 e. The Kier molecular flexibility index (Phi) is 3.26. The molecule has 4 nitrogen and oxygen atoms in total. The summed E-state index contributed by atoms with van der Waals surface area (Å²) < 4.78 is 0. The lowest BCUT2D eigenvalue weighted by molar-refractivity contribution is -0.120. The molecule has 4 heteroatoms. The number of carbonyl (C=O) groups excluding carboxylic acids is 1. The average Bonchev–Trinajstić information content (AvgIpc) is 3.09. The Morgan fingerprint density at radius 2 is 2.13 bits per heavy atom. The summed E-state index contributed by atoms with van der Waals surface area (Å²) in [7, 11) is 0. The molecule has 0 atom stereocenters. The zero-order valence-electron chi connectivity index (χ0n) is 9.09. The van der Waals surface area contributed by atoms with Crippen LogP contribution in [-0.4, -0.2) is 36.8 Å². The van der Waals surface area contributed by atoms with Crippen LogP contribution in [0, 0.1) is 5.41 Å². The molecule has 1 amide bonds. The number of hydrogen-bond donors (Lipinski definition) is 3. The van der Waals surface area contributed by atoms with Crippen molar-refractivity contribution >= 4 is 5.91 Å². The number of aliphatic hydroxyl groups is 1. The zero-order chi connectivity index (χ0) is 10.7. The summed E-state index contributed by atoms with van der Waals surface area (Å²) >= 11 is 0. The quantitative estimate of drug-likeness (QED) is 0.557. The van der Waals surface area contributed by atoms with Crippen molar-refractivity contribution in [3.63, 3.8) is 0 Å². The van der Waals surface area contributed by atoms with Gasteiger partial charge in [-0.1, -0.05) is 0 Å². The van der Waals surface area contributed by atoms with E-state index in [0.717, 1.165) is 25.8 Å². The van der Waals surface area contributed by atoms with Crippen LogP contribution in [0.15, 0.2) is 0 Å². The highest BCUT2D eigenvalue weighted by atomic mass is 16.3. The summed E-state index contributed by atoms with van der Waals surface area (Å²) in [5.74, 6) is 0.0890. The van der Waals surface area contributed by atoms with Gasteiger partial charge < -0.3 is 15.7 Å². The molecule has 2 aliphatic rings. The van der Waals surface area contributed by atoms with E-state index in [0.29, 0.717) is 12.6 Å². The lowest BCUT2D eigenvalue weighted by atomic mass is 10.0. The van der Waals surface area contributed by atoms with Gasteiger partial charge in [0.15, 0.2) is 0 Å². The molecule has 0 aromatic heterocycles. The molecule has 2 fully saturated rings. The van der Waals surface area contributed by atoms with Crippen molar-refractivity contribution in [2.75, 3.05) is 19.7 Å². The van der Waals surface area contributed by atoms with Crippen LogP contribution in [-0.2, 0) is 4.79 Å². The Labute approximate surface area is 90.4 Å². The summed E-state index contributed by atoms with van der Waals surface area (Å²) in [5.41, 5.74) is 0.226. The summed E-state index contributed by atoms with van der Waals surface area (Å²) in [5, 5.41) is 15.0. The number of nitrogens with one attached hydrogen (secondary N) is 2. The fourth-order valence-electron chi connectivity index (χ4n) is 1.80. The van der Waals surface area contributed by atoms with E-state index >= 15 is 0 Å². The second-order valence-corrected chi connectivity index (χ2v) is 4.91. The molecule has 0 bridgehead atoms. The Morgan fingerprint density at radius 1 is 1.40 bits per heavy atom. The maximum atomic E-state index is 11.4. The van der Waals surface area contributed by atoms with Gasteiger partial charge in [-0.2, -0.15) is 0 Å². The molecule has 2 rings (SSSR count). The maximum Gasteiger partial charge on any atom is 0.233 e. The molecule has 86 valence electrons. The lowest BCUT2D eigenvalue weighted by Gasteiger charge is -2.14. The van der Waals surface area contributed by atoms with Gasteiger partial charge in [0.1, 0.15) is 0 Å². The van der Waals surface area contributed by atoms with Gasteiger partial charge in [0.25, 0.3) is 0 Å². The van der Waals surface area contributed by atoms with Gasteiger partial charge in [-0.3, -0.25) is 4.79 Å². The van der Waals surface area contributed by atoms with Crippen molar-refractivity contribution in [2.45, 2.75) is 38.1 Å². The van der Waals surface area contributed by atoms with E-state index < -0.39 is 0 Å². The predicted molar refractivity (Wildman–Crippen MR) is 57.4 cm³/mol. The van der Waals surface area contributed by atoms with E-state index in [2.05, 4.69) is 10.6 Å². The largest absolute Gasteiger partial charge is 0.396 e. The minimum atomic E-state index is 0.0890. The summed E-state index contributed by atoms with van der Waals surface area (Å²) in [6.07, 6.45) is 5.53. The van der Waals surface area contributed by atoms with Crippen LogP contribution < -0.4 is 10.6 Å². The maximum absolute atomic E-state index is 11.4. The number of hydrogen-bond acceptors (Lipinski definition) is 3. The molecule has 0 aromatic rings. The van der Waals surface area contributed by atoms with Crippen LogP contribution >= 0.6 is 0 Å². The van der Waals surface area contributed by atoms with Gasteiger partial charge in [-0.15, -0.1) is 0 Å². The number of amides is 1. The Morgan fingerprint density at radius 3 is 2.67 bits per heavy atom. The van der Waals surface area contributed by atoms with E-state index in [4.69, 9.17) is 5.11 Å². The summed E-state index contributed by atoms with van der Waals surface area (Å²) in [6.45, 7) is 1.41. The normalized spacial score (nSPS) is 22.5. The molecular weight excluding hydrogens is 192 g/mol. The molecular formula is C11H20N2O2. The van der Waals surface area contributed by atoms with Crippen LogP contribution in [0.3, 0.4) is 0 Å². The van der Waals surface area contributed by atoms with Crippen molar-refractivity contribution in [1.29, 1.82) is 0 Å². The van der Waals surface area contributed by atoms with Crippen LogP contribution in [0.25, 0.3) is 0 Å². The molecule has 0 aromatic carbocycles. The molecule has 0 aliphatic heterocycles. The third kappa shape index (κ3) is 3.47. The van der Waals surface area contributed by atoms with E-state index in [9.17, 15) is 4.79 Å². The molecule has 3 N–H and O–H groups in total. The molecule has 0 radical (unpaired) electrons. The molecule has 2 saturated carbocycles. The van der Waals surface area contributed by atoms with Crippen molar-refractivity contribution in [2.24, 2.45) is 5.41 Å². The van der Waals surface area contributed by atoms with Gasteiger partial charge in [0.05, 0.1) is 6.54 Å². The lowest BCUT2D eigenvalue weighted by Crippen LogP contribution is -2.38. The molecule has 0 heterocycles. The van der Waals surface area contributed by atoms with E-state index in [1.165, 1.54) is 12.8 Å².